The van der Waals surface area contributed by atoms with E-state index in [0.717, 1.165) is 11.6 Å². The molecule has 3 N–H and O–H groups in total. The number of rotatable bonds is 9. The van der Waals surface area contributed by atoms with Crippen LogP contribution in [-0.2, 0) is 11.2 Å². The Balaban J connectivity index is 2.35. The average Bonchev–Trinajstić information content (AvgIpc) is 2.67. The molecule has 0 aliphatic rings. The van der Waals surface area contributed by atoms with E-state index in [4.69, 9.17) is 15.2 Å². The van der Waals surface area contributed by atoms with Crippen LogP contribution in [0.5, 0.6) is 11.5 Å². The van der Waals surface area contributed by atoms with Crippen molar-refractivity contribution >= 4 is 17.5 Å². The molecule has 1 atom stereocenters. The fourth-order valence-corrected chi connectivity index (χ4v) is 2.62. The Bertz CT molecular complexity index is 869. The number of nitro benzene ring substituents is 1. The largest absolute Gasteiger partial charge is 0.493 e. The standard InChI is InChI=1S/C19H21N3O6/c1-3-28-17-10-13(15(22(25)26)11-16(17)27-2)19(24)21-14(18(20)23)9-12-7-5-4-6-8-12/h4-8,10-11,14H,3,9H2,1-2H3,(H2,20,23)(H,21,24). The summed E-state index contributed by atoms with van der Waals surface area (Å²) < 4.78 is 10.5. The molecule has 0 radical (unpaired) electrons. The molecular weight excluding hydrogens is 366 g/mol. The van der Waals surface area contributed by atoms with Crippen molar-refractivity contribution in [2.45, 2.75) is 19.4 Å². The number of nitrogens with zero attached hydrogens (tertiary/aromatic N) is 1. The normalized spacial score (nSPS) is 11.4. The second-order valence-electron chi connectivity index (χ2n) is 5.83. The van der Waals surface area contributed by atoms with Crippen LogP contribution in [-0.4, -0.2) is 36.5 Å². The molecule has 0 saturated heterocycles. The molecule has 2 rings (SSSR count). The van der Waals surface area contributed by atoms with Crippen LogP contribution in [0.2, 0.25) is 0 Å². The lowest BCUT2D eigenvalue weighted by molar-refractivity contribution is -0.385. The van der Waals surface area contributed by atoms with Gasteiger partial charge in [-0.2, -0.15) is 0 Å². The second kappa shape index (κ2) is 9.36. The maximum absolute atomic E-state index is 12.7. The van der Waals surface area contributed by atoms with Crippen molar-refractivity contribution in [1.82, 2.24) is 5.32 Å². The van der Waals surface area contributed by atoms with Crippen LogP contribution in [0.4, 0.5) is 5.69 Å². The maximum Gasteiger partial charge on any atom is 0.286 e. The number of hydrogen-bond acceptors (Lipinski definition) is 6. The molecule has 2 amide bonds. The number of carbonyl (C=O) groups is 2. The Labute approximate surface area is 161 Å². The Morgan fingerprint density at radius 3 is 2.43 bits per heavy atom. The number of methoxy groups -OCH3 is 1. The van der Waals surface area contributed by atoms with E-state index in [2.05, 4.69) is 5.32 Å². The van der Waals surface area contributed by atoms with Gasteiger partial charge in [0, 0.05) is 12.5 Å². The van der Waals surface area contributed by atoms with Crippen LogP contribution >= 0.6 is 0 Å². The summed E-state index contributed by atoms with van der Waals surface area (Å²) in [6, 6.07) is 10.3. The summed E-state index contributed by atoms with van der Waals surface area (Å²) in [4.78, 5) is 35.2. The zero-order chi connectivity index (χ0) is 20.7. The quantitative estimate of drug-likeness (QED) is 0.498. The molecule has 0 aromatic heterocycles. The molecule has 0 fully saturated rings. The molecule has 1 unspecified atom stereocenters. The predicted molar refractivity (Wildman–Crippen MR) is 101 cm³/mol. The van der Waals surface area contributed by atoms with Gasteiger partial charge in [0.25, 0.3) is 11.6 Å². The number of nitro groups is 1. The molecule has 148 valence electrons. The monoisotopic (exact) mass is 387 g/mol. The molecule has 2 aromatic rings. The van der Waals surface area contributed by atoms with Crippen LogP contribution in [0.15, 0.2) is 42.5 Å². The fourth-order valence-electron chi connectivity index (χ4n) is 2.62. The van der Waals surface area contributed by atoms with Crippen molar-refractivity contribution in [3.8, 4) is 11.5 Å². The van der Waals surface area contributed by atoms with Crippen molar-refractivity contribution in [1.29, 1.82) is 0 Å². The third-order valence-electron chi connectivity index (χ3n) is 3.95. The molecule has 2 aromatic carbocycles. The van der Waals surface area contributed by atoms with Crippen LogP contribution in [0.3, 0.4) is 0 Å². The Kier molecular flexibility index (Phi) is 6.91. The number of nitrogens with two attached hydrogens (primary N) is 1. The van der Waals surface area contributed by atoms with Gasteiger partial charge in [0.15, 0.2) is 11.5 Å². The minimum atomic E-state index is -1.04. The van der Waals surface area contributed by atoms with E-state index in [1.807, 2.05) is 6.07 Å². The van der Waals surface area contributed by atoms with Crippen molar-refractivity contribution in [3.63, 3.8) is 0 Å². The third kappa shape index (κ3) is 4.97. The highest BCUT2D eigenvalue weighted by Gasteiger charge is 2.27. The minimum Gasteiger partial charge on any atom is -0.493 e. The lowest BCUT2D eigenvalue weighted by atomic mass is 10.0. The Morgan fingerprint density at radius 2 is 1.89 bits per heavy atom. The van der Waals surface area contributed by atoms with Crippen molar-refractivity contribution in [3.05, 3.63) is 63.7 Å². The number of carbonyl (C=O) groups excluding carboxylic acids is 2. The van der Waals surface area contributed by atoms with E-state index in [9.17, 15) is 19.7 Å². The van der Waals surface area contributed by atoms with Gasteiger partial charge in [-0.25, -0.2) is 0 Å². The first kappa shape index (κ1) is 20.7. The molecule has 0 spiro atoms. The van der Waals surface area contributed by atoms with Gasteiger partial charge in [-0.3, -0.25) is 19.7 Å². The number of primary amides is 1. The molecule has 28 heavy (non-hydrogen) atoms. The fraction of sp³-hybridized carbons (Fsp3) is 0.263. The van der Waals surface area contributed by atoms with E-state index in [0.29, 0.717) is 0 Å². The summed E-state index contributed by atoms with van der Waals surface area (Å²) in [6.07, 6.45) is 0.157. The summed E-state index contributed by atoms with van der Waals surface area (Å²) in [5.74, 6) is -1.26. The number of amides is 2. The van der Waals surface area contributed by atoms with Crippen LogP contribution in [0.1, 0.15) is 22.8 Å². The number of benzene rings is 2. The maximum atomic E-state index is 12.7. The number of hydrogen-bond donors (Lipinski definition) is 2. The van der Waals surface area contributed by atoms with Crippen molar-refractivity contribution in [2.75, 3.05) is 13.7 Å². The molecule has 9 heteroatoms. The van der Waals surface area contributed by atoms with E-state index >= 15 is 0 Å². The molecule has 0 aliphatic heterocycles. The zero-order valence-corrected chi connectivity index (χ0v) is 15.5. The van der Waals surface area contributed by atoms with Crippen molar-refractivity contribution < 1.29 is 24.0 Å². The second-order valence-corrected chi connectivity index (χ2v) is 5.83. The molecule has 0 heterocycles. The Morgan fingerprint density at radius 1 is 1.21 bits per heavy atom. The Hall–Kier alpha value is -3.62. The van der Waals surface area contributed by atoms with Gasteiger partial charge in [0.2, 0.25) is 5.91 Å². The van der Waals surface area contributed by atoms with Gasteiger partial charge in [-0.05, 0) is 12.5 Å². The smallest absolute Gasteiger partial charge is 0.286 e. The van der Waals surface area contributed by atoms with E-state index in [-0.39, 0.29) is 30.1 Å². The van der Waals surface area contributed by atoms with Gasteiger partial charge in [-0.1, -0.05) is 30.3 Å². The topological polar surface area (TPSA) is 134 Å². The lowest BCUT2D eigenvalue weighted by Gasteiger charge is -2.17. The first-order valence-corrected chi connectivity index (χ1v) is 8.50. The molecule has 0 saturated carbocycles. The predicted octanol–water partition coefficient (Wildman–Crippen LogP) is 1.83. The molecule has 0 aliphatic carbocycles. The molecule has 9 nitrogen and oxygen atoms in total. The van der Waals surface area contributed by atoms with Crippen LogP contribution < -0.4 is 20.5 Å². The highest BCUT2D eigenvalue weighted by atomic mass is 16.6. The van der Waals surface area contributed by atoms with Gasteiger partial charge in [0.05, 0.1) is 24.7 Å². The average molecular weight is 387 g/mol. The third-order valence-corrected chi connectivity index (χ3v) is 3.95. The molecular formula is C19H21N3O6. The van der Waals surface area contributed by atoms with E-state index in [1.165, 1.54) is 13.2 Å². The number of nitrogens with one attached hydrogen (secondary N) is 1. The summed E-state index contributed by atoms with van der Waals surface area (Å²) >= 11 is 0. The minimum absolute atomic E-state index is 0.126. The summed E-state index contributed by atoms with van der Waals surface area (Å²) in [5, 5.41) is 13.9. The van der Waals surface area contributed by atoms with Crippen LogP contribution in [0, 0.1) is 10.1 Å². The SMILES string of the molecule is CCOc1cc(C(=O)NC(Cc2ccccc2)C(N)=O)c([N+](=O)[O-])cc1OC. The highest BCUT2D eigenvalue weighted by molar-refractivity contribution is 6.01. The zero-order valence-electron chi connectivity index (χ0n) is 15.5. The first-order chi connectivity index (χ1) is 13.4. The number of ether oxygens (including phenoxy) is 2. The first-order valence-electron chi connectivity index (χ1n) is 8.50. The van der Waals surface area contributed by atoms with E-state index in [1.54, 1.807) is 31.2 Å². The van der Waals surface area contributed by atoms with Gasteiger partial charge < -0.3 is 20.5 Å². The summed E-state index contributed by atoms with van der Waals surface area (Å²) in [7, 11) is 1.34. The summed E-state index contributed by atoms with van der Waals surface area (Å²) in [6.45, 7) is 2.00. The van der Waals surface area contributed by atoms with Gasteiger partial charge in [-0.15, -0.1) is 0 Å². The molecule has 0 bridgehead atoms. The van der Waals surface area contributed by atoms with Gasteiger partial charge in [0.1, 0.15) is 11.6 Å². The van der Waals surface area contributed by atoms with Crippen LogP contribution in [0.25, 0.3) is 0 Å². The summed E-state index contributed by atoms with van der Waals surface area (Å²) in [5.41, 5.74) is 5.46. The van der Waals surface area contributed by atoms with E-state index < -0.39 is 28.5 Å². The lowest BCUT2D eigenvalue weighted by Crippen LogP contribution is -2.46. The highest BCUT2D eigenvalue weighted by Crippen LogP contribution is 2.34. The van der Waals surface area contributed by atoms with Gasteiger partial charge >= 0.3 is 0 Å². The van der Waals surface area contributed by atoms with Crippen molar-refractivity contribution in [2.24, 2.45) is 5.73 Å².